The minimum absolute atomic E-state index is 0.436. The van der Waals surface area contributed by atoms with Crippen LogP contribution in [0.15, 0.2) is 12.1 Å². The summed E-state index contributed by atoms with van der Waals surface area (Å²) in [6.45, 7) is 15.2. The van der Waals surface area contributed by atoms with E-state index in [4.69, 9.17) is 9.31 Å². The largest absolute Gasteiger partial charge is 0.494 e. The molecule has 0 bridgehead atoms. The van der Waals surface area contributed by atoms with E-state index in [1.165, 1.54) is 0 Å². The van der Waals surface area contributed by atoms with Crippen molar-refractivity contribution in [2.24, 2.45) is 0 Å². The molecule has 1 aliphatic rings. The van der Waals surface area contributed by atoms with Crippen molar-refractivity contribution >= 4 is 28.3 Å². The molecule has 134 valence electrons. The van der Waals surface area contributed by atoms with Gasteiger partial charge in [-0.1, -0.05) is 6.07 Å². The third-order valence-electron chi connectivity index (χ3n) is 5.09. The van der Waals surface area contributed by atoms with Gasteiger partial charge in [-0.05, 0) is 78.0 Å². The van der Waals surface area contributed by atoms with Gasteiger partial charge in [0, 0.05) is 0 Å². The van der Waals surface area contributed by atoms with Crippen LogP contribution in [0.2, 0.25) is 0 Å². The van der Waals surface area contributed by atoms with Gasteiger partial charge >= 0.3 is 7.12 Å². The fourth-order valence-corrected chi connectivity index (χ4v) is 3.13. The smallest absolute Gasteiger partial charge is 0.399 e. The lowest BCUT2D eigenvalue weighted by Crippen LogP contribution is -2.41. The standard InChI is InChI=1S/C17H28BNO4S/c1-11(2)24(20,21)19-15-10-14(9-12(3)13(15)4)18-22-16(5,6)17(7,8)23-18/h9-11,19H,1-8H3. The maximum Gasteiger partial charge on any atom is 0.494 e. The summed E-state index contributed by atoms with van der Waals surface area (Å²) in [4.78, 5) is 0. The van der Waals surface area contributed by atoms with Crippen LogP contribution in [0.4, 0.5) is 5.69 Å². The van der Waals surface area contributed by atoms with Gasteiger partial charge in [-0.3, -0.25) is 4.72 Å². The molecule has 1 aromatic carbocycles. The molecule has 0 radical (unpaired) electrons. The molecule has 1 N–H and O–H groups in total. The molecular weight excluding hydrogens is 325 g/mol. The highest BCUT2D eigenvalue weighted by molar-refractivity contribution is 7.93. The Balaban J connectivity index is 2.41. The number of benzene rings is 1. The summed E-state index contributed by atoms with van der Waals surface area (Å²) in [5.74, 6) is 0. The maximum atomic E-state index is 12.2. The Morgan fingerprint density at radius 2 is 1.54 bits per heavy atom. The number of rotatable bonds is 4. The highest BCUT2D eigenvalue weighted by Crippen LogP contribution is 2.36. The van der Waals surface area contributed by atoms with E-state index in [0.29, 0.717) is 5.69 Å². The second kappa shape index (κ2) is 6.04. The van der Waals surface area contributed by atoms with Crippen molar-refractivity contribution in [2.45, 2.75) is 71.8 Å². The summed E-state index contributed by atoms with van der Waals surface area (Å²) in [7, 11) is -3.93. The van der Waals surface area contributed by atoms with E-state index in [2.05, 4.69) is 4.72 Å². The molecule has 1 aliphatic heterocycles. The number of aryl methyl sites for hydroxylation is 1. The second-order valence-electron chi connectivity index (χ2n) is 7.79. The third-order valence-corrected chi connectivity index (χ3v) is 6.83. The van der Waals surface area contributed by atoms with Crippen molar-refractivity contribution in [1.29, 1.82) is 0 Å². The molecule has 7 heteroatoms. The van der Waals surface area contributed by atoms with E-state index in [-0.39, 0.29) is 0 Å². The molecule has 1 fully saturated rings. The zero-order chi connectivity index (χ0) is 18.5. The monoisotopic (exact) mass is 353 g/mol. The summed E-state index contributed by atoms with van der Waals surface area (Å²) in [5.41, 5.74) is 2.41. The summed E-state index contributed by atoms with van der Waals surface area (Å²) < 4.78 is 39.3. The van der Waals surface area contributed by atoms with Gasteiger partial charge in [-0.25, -0.2) is 8.42 Å². The zero-order valence-corrected chi connectivity index (χ0v) is 16.7. The first-order valence-electron chi connectivity index (χ1n) is 8.25. The first kappa shape index (κ1) is 19.3. The van der Waals surface area contributed by atoms with Crippen LogP contribution in [0, 0.1) is 13.8 Å². The van der Waals surface area contributed by atoms with Gasteiger partial charge in [0.15, 0.2) is 0 Å². The highest BCUT2D eigenvalue weighted by atomic mass is 32.2. The SMILES string of the molecule is Cc1cc(B2OC(C)(C)C(C)(C)O2)cc(NS(=O)(=O)C(C)C)c1C. The van der Waals surface area contributed by atoms with Gasteiger partial charge < -0.3 is 9.31 Å². The molecule has 0 atom stereocenters. The number of nitrogens with one attached hydrogen (secondary N) is 1. The number of hydrogen-bond donors (Lipinski definition) is 1. The van der Waals surface area contributed by atoms with Gasteiger partial charge in [0.05, 0.1) is 22.1 Å². The van der Waals surface area contributed by atoms with Crippen LogP contribution >= 0.6 is 0 Å². The van der Waals surface area contributed by atoms with Crippen LogP contribution in [-0.4, -0.2) is 32.0 Å². The normalized spacial score (nSPS) is 19.8. The summed E-state index contributed by atoms with van der Waals surface area (Å²) in [5, 5.41) is -0.502. The lowest BCUT2D eigenvalue weighted by atomic mass is 9.77. The molecule has 0 unspecified atom stereocenters. The molecule has 1 heterocycles. The van der Waals surface area contributed by atoms with E-state index in [1.54, 1.807) is 13.8 Å². The van der Waals surface area contributed by atoms with Crippen molar-refractivity contribution in [3.8, 4) is 0 Å². The topological polar surface area (TPSA) is 64.6 Å². The Labute approximate surface area is 146 Å². The molecular formula is C17H28BNO4S. The Morgan fingerprint density at radius 3 is 2.00 bits per heavy atom. The fourth-order valence-electron chi connectivity index (χ4n) is 2.38. The van der Waals surface area contributed by atoms with E-state index in [9.17, 15) is 8.42 Å². The minimum Gasteiger partial charge on any atom is -0.399 e. The quantitative estimate of drug-likeness (QED) is 0.846. The average molecular weight is 353 g/mol. The zero-order valence-electron chi connectivity index (χ0n) is 15.9. The molecule has 0 aliphatic carbocycles. The van der Waals surface area contributed by atoms with Crippen LogP contribution in [-0.2, 0) is 19.3 Å². The van der Waals surface area contributed by atoms with E-state index < -0.39 is 33.6 Å². The van der Waals surface area contributed by atoms with Crippen molar-refractivity contribution in [2.75, 3.05) is 4.72 Å². The molecule has 1 saturated heterocycles. The number of anilines is 1. The molecule has 24 heavy (non-hydrogen) atoms. The average Bonchev–Trinajstić information content (AvgIpc) is 2.63. The maximum absolute atomic E-state index is 12.2. The number of hydrogen-bond acceptors (Lipinski definition) is 4. The van der Waals surface area contributed by atoms with Crippen LogP contribution in [0.25, 0.3) is 0 Å². The molecule has 0 spiro atoms. The number of sulfonamides is 1. The van der Waals surface area contributed by atoms with Crippen LogP contribution < -0.4 is 10.2 Å². The Morgan fingerprint density at radius 1 is 1.04 bits per heavy atom. The minimum atomic E-state index is -3.41. The van der Waals surface area contributed by atoms with Gasteiger partial charge in [-0.15, -0.1) is 0 Å². The Hall–Kier alpha value is -1.05. The van der Waals surface area contributed by atoms with Gasteiger partial charge in [-0.2, -0.15) is 0 Å². The van der Waals surface area contributed by atoms with Gasteiger partial charge in [0.1, 0.15) is 0 Å². The summed E-state index contributed by atoms with van der Waals surface area (Å²) in [6.07, 6.45) is 0. The van der Waals surface area contributed by atoms with Crippen molar-refractivity contribution in [3.05, 3.63) is 23.3 Å². The summed E-state index contributed by atoms with van der Waals surface area (Å²) >= 11 is 0. The van der Waals surface area contributed by atoms with Crippen LogP contribution in [0.5, 0.6) is 0 Å². The lowest BCUT2D eigenvalue weighted by Gasteiger charge is -2.32. The van der Waals surface area contributed by atoms with Crippen molar-refractivity contribution in [1.82, 2.24) is 0 Å². The Kier molecular flexibility index (Phi) is 4.85. The first-order valence-corrected chi connectivity index (χ1v) is 9.80. The highest BCUT2D eigenvalue weighted by Gasteiger charge is 2.51. The first-order chi connectivity index (χ1) is 10.8. The van der Waals surface area contributed by atoms with Crippen molar-refractivity contribution < 1.29 is 17.7 Å². The molecule has 0 aromatic heterocycles. The molecule has 1 aromatic rings. The molecule has 0 amide bonds. The second-order valence-corrected chi connectivity index (χ2v) is 10.0. The van der Waals surface area contributed by atoms with E-state index in [0.717, 1.165) is 16.6 Å². The summed E-state index contributed by atoms with van der Waals surface area (Å²) in [6, 6.07) is 3.80. The predicted octanol–water partition coefficient (Wildman–Crippen LogP) is 2.75. The molecule has 0 saturated carbocycles. The predicted molar refractivity (Wildman–Crippen MR) is 99.3 cm³/mol. The van der Waals surface area contributed by atoms with E-state index >= 15 is 0 Å². The van der Waals surface area contributed by atoms with Crippen LogP contribution in [0.1, 0.15) is 52.7 Å². The van der Waals surface area contributed by atoms with E-state index in [1.807, 2.05) is 53.7 Å². The molecule has 5 nitrogen and oxygen atoms in total. The fraction of sp³-hybridized carbons (Fsp3) is 0.647. The van der Waals surface area contributed by atoms with Gasteiger partial charge in [0.2, 0.25) is 10.0 Å². The lowest BCUT2D eigenvalue weighted by molar-refractivity contribution is 0.00578. The third kappa shape index (κ3) is 3.48. The Bertz CT molecular complexity index is 725. The van der Waals surface area contributed by atoms with Crippen LogP contribution in [0.3, 0.4) is 0 Å². The molecule has 2 rings (SSSR count). The van der Waals surface area contributed by atoms with Crippen molar-refractivity contribution in [3.63, 3.8) is 0 Å². The van der Waals surface area contributed by atoms with Gasteiger partial charge in [0.25, 0.3) is 0 Å².